The standard InChI is InChI=1S/C10H11ClN4O/c1-10(2,12)9-14-8(16-15-9)6-3-4-13-5-7(6)11/h3-5H,12H2,1-2H3. The van der Waals surface area contributed by atoms with Crippen LogP contribution in [0.3, 0.4) is 0 Å². The molecule has 84 valence electrons. The van der Waals surface area contributed by atoms with E-state index in [2.05, 4.69) is 15.1 Å². The molecule has 0 amide bonds. The number of halogens is 1. The van der Waals surface area contributed by atoms with Crippen LogP contribution in [0.5, 0.6) is 0 Å². The first-order valence-electron chi connectivity index (χ1n) is 4.71. The topological polar surface area (TPSA) is 77.8 Å². The van der Waals surface area contributed by atoms with E-state index in [9.17, 15) is 0 Å². The molecule has 2 heterocycles. The van der Waals surface area contributed by atoms with E-state index in [1.807, 2.05) is 0 Å². The molecule has 0 bridgehead atoms. The highest BCUT2D eigenvalue weighted by Crippen LogP contribution is 2.26. The number of hydrogen-bond donors (Lipinski definition) is 1. The van der Waals surface area contributed by atoms with E-state index in [4.69, 9.17) is 21.9 Å². The van der Waals surface area contributed by atoms with Gasteiger partial charge in [-0.15, -0.1) is 0 Å². The highest BCUT2D eigenvalue weighted by molar-refractivity contribution is 6.32. The Labute approximate surface area is 97.6 Å². The van der Waals surface area contributed by atoms with E-state index in [1.165, 1.54) is 6.20 Å². The lowest BCUT2D eigenvalue weighted by molar-refractivity contribution is 0.397. The van der Waals surface area contributed by atoms with Gasteiger partial charge in [0.2, 0.25) is 0 Å². The minimum atomic E-state index is -0.638. The maximum absolute atomic E-state index is 5.96. The van der Waals surface area contributed by atoms with E-state index < -0.39 is 5.54 Å². The summed E-state index contributed by atoms with van der Waals surface area (Å²) in [6, 6.07) is 1.71. The number of aromatic nitrogens is 3. The Morgan fingerprint density at radius 1 is 1.44 bits per heavy atom. The van der Waals surface area contributed by atoms with Gasteiger partial charge in [-0.25, -0.2) is 0 Å². The zero-order chi connectivity index (χ0) is 11.8. The highest BCUT2D eigenvalue weighted by Gasteiger charge is 2.22. The summed E-state index contributed by atoms with van der Waals surface area (Å²) in [4.78, 5) is 8.08. The van der Waals surface area contributed by atoms with Gasteiger partial charge < -0.3 is 10.3 Å². The van der Waals surface area contributed by atoms with Crippen LogP contribution < -0.4 is 5.73 Å². The smallest absolute Gasteiger partial charge is 0.259 e. The van der Waals surface area contributed by atoms with E-state index in [0.29, 0.717) is 22.3 Å². The molecule has 2 aromatic rings. The largest absolute Gasteiger partial charge is 0.334 e. The Hall–Kier alpha value is -1.46. The summed E-state index contributed by atoms with van der Waals surface area (Å²) in [5.74, 6) is 0.788. The van der Waals surface area contributed by atoms with Gasteiger partial charge in [0.25, 0.3) is 5.89 Å². The van der Waals surface area contributed by atoms with E-state index in [1.54, 1.807) is 26.1 Å². The predicted octanol–water partition coefficient (Wildman–Crippen LogP) is 1.98. The van der Waals surface area contributed by atoms with Crippen molar-refractivity contribution in [3.8, 4) is 11.5 Å². The third kappa shape index (κ3) is 2.05. The maximum atomic E-state index is 5.96. The Bertz CT molecular complexity index is 504. The molecule has 0 aromatic carbocycles. The molecule has 2 N–H and O–H groups in total. The van der Waals surface area contributed by atoms with Gasteiger partial charge >= 0.3 is 0 Å². The van der Waals surface area contributed by atoms with E-state index >= 15 is 0 Å². The van der Waals surface area contributed by atoms with Gasteiger partial charge in [-0.05, 0) is 19.9 Å². The minimum Gasteiger partial charge on any atom is -0.334 e. The molecule has 2 aromatic heterocycles. The fourth-order valence-corrected chi connectivity index (χ4v) is 1.34. The molecule has 2 rings (SSSR count). The van der Waals surface area contributed by atoms with Gasteiger partial charge in [-0.3, -0.25) is 4.98 Å². The average molecular weight is 239 g/mol. The Kier molecular flexibility index (Phi) is 2.65. The number of hydrogen-bond acceptors (Lipinski definition) is 5. The van der Waals surface area contributed by atoms with Crippen LogP contribution in [0.4, 0.5) is 0 Å². The summed E-state index contributed by atoms with van der Waals surface area (Å²) in [6.45, 7) is 3.60. The van der Waals surface area contributed by atoms with Crippen molar-refractivity contribution in [3.63, 3.8) is 0 Å². The molecule has 0 aliphatic heterocycles. The van der Waals surface area contributed by atoms with Crippen LogP contribution in [0.1, 0.15) is 19.7 Å². The van der Waals surface area contributed by atoms with E-state index in [-0.39, 0.29) is 0 Å². The SMILES string of the molecule is CC(C)(N)c1noc(-c2ccncc2Cl)n1. The second-order valence-corrected chi connectivity index (χ2v) is 4.41. The summed E-state index contributed by atoms with van der Waals surface area (Å²) in [5, 5.41) is 4.28. The molecule has 0 unspecified atom stereocenters. The van der Waals surface area contributed by atoms with Crippen molar-refractivity contribution in [1.29, 1.82) is 0 Å². The summed E-state index contributed by atoms with van der Waals surface area (Å²) in [5.41, 5.74) is 5.87. The van der Waals surface area contributed by atoms with Crippen LogP contribution in [0, 0.1) is 0 Å². The zero-order valence-corrected chi connectivity index (χ0v) is 9.69. The Balaban J connectivity index is 2.44. The molecule has 5 nitrogen and oxygen atoms in total. The Morgan fingerprint density at radius 2 is 2.19 bits per heavy atom. The van der Waals surface area contributed by atoms with Crippen LogP contribution in [0.2, 0.25) is 5.02 Å². The number of rotatable bonds is 2. The number of nitrogens with two attached hydrogens (primary N) is 1. The van der Waals surface area contributed by atoms with Crippen molar-refractivity contribution in [2.45, 2.75) is 19.4 Å². The van der Waals surface area contributed by atoms with Gasteiger partial charge in [0.1, 0.15) is 0 Å². The molecule has 0 atom stereocenters. The lowest BCUT2D eigenvalue weighted by atomic mass is 10.1. The van der Waals surface area contributed by atoms with Crippen molar-refractivity contribution in [2.75, 3.05) is 0 Å². The molecule has 0 aliphatic rings. The molecule has 0 spiro atoms. The molecule has 0 fully saturated rings. The Morgan fingerprint density at radius 3 is 2.75 bits per heavy atom. The van der Waals surface area contributed by atoms with Crippen molar-refractivity contribution < 1.29 is 4.52 Å². The van der Waals surface area contributed by atoms with Crippen LogP contribution >= 0.6 is 11.6 Å². The van der Waals surface area contributed by atoms with Gasteiger partial charge in [-0.2, -0.15) is 4.98 Å². The number of pyridine rings is 1. The molecular formula is C10H11ClN4O. The monoisotopic (exact) mass is 238 g/mol. The predicted molar refractivity (Wildman–Crippen MR) is 59.8 cm³/mol. The fraction of sp³-hybridized carbons (Fsp3) is 0.300. The molecule has 6 heteroatoms. The van der Waals surface area contributed by atoms with Gasteiger partial charge in [0, 0.05) is 12.4 Å². The van der Waals surface area contributed by atoms with Crippen LogP contribution in [0.25, 0.3) is 11.5 Å². The summed E-state index contributed by atoms with van der Waals surface area (Å²) in [6.07, 6.45) is 3.13. The average Bonchev–Trinajstić information content (AvgIpc) is 2.66. The fourth-order valence-electron chi connectivity index (χ4n) is 1.14. The first kappa shape index (κ1) is 11.0. The molecule has 0 radical (unpaired) electrons. The van der Waals surface area contributed by atoms with Crippen LogP contribution in [0.15, 0.2) is 23.0 Å². The summed E-state index contributed by atoms with van der Waals surface area (Å²) >= 11 is 5.96. The van der Waals surface area contributed by atoms with Crippen molar-refractivity contribution in [3.05, 3.63) is 29.3 Å². The molecule has 0 saturated carbocycles. The summed E-state index contributed by atoms with van der Waals surface area (Å²) in [7, 11) is 0. The molecule has 16 heavy (non-hydrogen) atoms. The van der Waals surface area contributed by atoms with Crippen molar-refractivity contribution >= 4 is 11.6 Å². The van der Waals surface area contributed by atoms with Gasteiger partial charge in [-0.1, -0.05) is 16.8 Å². The minimum absolute atomic E-state index is 0.348. The van der Waals surface area contributed by atoms with Crippen LogP contribution in [-0.2, 0) is 5.54 Å². The number of nitrogens with zero attached hydrogens (tertiary/aromatic N) is 3. The maximum Gasteiger partial charge on any atom is 0.259 e. The van der Waals surface area contributed by atoms with Crippen LogP contribution in [-0.4, -0.2) is 15.1 Å². The van der Waals surface area contributed by atoms with Gasteiger partial charge in [0.05, 0.1) is 16.1 Å². The normalized spacial score (nSPS) is 11.8. The summed E-state index contributed by atoms with van der Waals surface area (Å²) < 4.78 is 5.10. The van der Waals surface area contributed by atoms with Gasteiger partial charge in [0.15, 0.2) is 5.82 Å². The van der Waals surface area contributed by atoms with E-state index in [0.717, 1.165) is 0 Å². The second kappa shape index (κ2) is 3.84. The third-order valence-electron chi connectivity index (χ3n) is 2.01. The molecule has 0 aliphatic carbocycles. The highest BCUT2D eigenvalue weighted by atomic mass is 35.5. The lowest BCUT2D eigenvalue weighted by Crippen LogP contribution is -2.30. The lowest BCUT2D eigenvalue weighted by Gasteiger charge is -2.11. The molecular weight excluding hydrogens is 228 g/mol. The first-order chi connectivity index (χ1) is 7.48. The zero-order valence-electron chi connectivity index (χ0n) is 8.94. The second-order valence-electron chi connectivity index (χ2n) is 4.00. The molecule has 0 saturated heterocycles. The quantitative estimate of drug-likeness (QED) is 0.866. The van der Waals surface area contributed by atoms with Crippen molar-refractivity contribution in [2.24, 2.45) is 5.73 Å². The van der Waals surface area contributed by atoms with Crippen molar-refractivity contribution in [1.82, 2.24) is 15.1 Å². The first-order valence-corrected chi connectivity index (χ1v) is 5.09. The third-order valence-corrected chi connectivity index (χ3v) is 2.31.